The maximum atomic E-state index is 6.05. The van der Waals surface area contributed by atoms with Gasteiger partial charge in [-0.05, 0) is 206 Å². The summed E-state index contributed by atoms with van der Waals surface area (Å²) in [5.74, 6) is 3.19. The zero-order valence-electron chi connectivity index (χ0n) is 74.6. The summed E-state index contributed by atoms with van der Waals surface area (Å²) >= 11 is 0. The maximum Gasteiger partial charge on any atom is 0.240 e. The minimum absolute atomic E-state index is 0.483. The van der Waals surface area contributed by atoms with Crippen molar-refractivity contribution in [3.8, 4) is 130 Å². The van der Waals surface area contributed by atoms with Gasteiger partial charge in [0.2, 0.25) is 17.8 Å². The number of rotatable bonds is 13. The molecule has 0 saturated carbocycles. The quantitative estimate of drug-likeness (QED) is 0.114. The van der Waals surface area contributed by atoms with Crippen LogP contribution in [0.1, 0.15) is 66.8 Å². The standard InChI is InChI=1S/C129H79N9/c1-9-38-80(39-10-1)85-72-86(81-40-11-2-12-41-81)74-87(73-85)123-130-121(82-42-13-3-14-43-82)131-124(134-123)138-114-67-36-29-56-95(114)97-69-70-110-119(120(97)138)99-59-28-34-64-108(99)129(110)107-63-33-27-58-98(107)118-92(60-37-65-109(118)129)84-68-71-115-102(75-84)104-77-101-94-55-26-32-62-106(94)128(90-50-21-7-22-51-90,91-52-23-8-24-53-91)112(101)79-117(104)137(115)126-133-122(83-44-15-4-16-45-83)132-125(135-126)136-113-66-35-30-57-96(113)103-76-100-93-54-25-31-61-105(93)127(111(100)78-116(103)136,88-46-17-5-18-47-88)89-48-19-6-20-49-89/h1-79H. The van der Waals surface area contributed by atoms with Gasteiger partial charge in [-0.15, -0.1) is 0 Å². The number of hydrogen-bond acceptors (Lipinski definition) is 6. The van der Waals surface area contributed by atoms with Crippen LogP contribution in [0.2, 0.25) is 0 Å². The monoisotopic (exact) mass is 1750 g/mol. The summed E-state index contributed by atoms with van der Waals surface area (Å²) in [5.41, 5.74) is 36.6. The van der Waals surface area contributed by atoms with Crippen molar-refractivity contribution in [1.82, 2.24) is 43.6 Å². The number of fused-ring (bicyclic) bond motifs is 26. The second kappa shape index (κ2) is 29.9. The lowest BCUT2D eigenvalue weighted by atomic mass is 9.67. The smallest absolute Gasteiger partial charge is 0.240 e. The molecule has 640 valence electrons. The summed E-state index contributed by atoms with van der Waals surface area (Å²) in [6.07, 6.45) is 0. The Kier molecular flexibility index (Phi) is 16.8. The van der Waals surface area contributed by atoms with Crippen molar-refractivity contribution >= 4 is 65.4 Å². The van der Waals surface area contributed by atoms with Crippen LogP contribution in [-0.2, 0) is 16.2 Å². The van der Waals surface area contributed by atoms with Crippen molar-refractivity contribution in [3.05, 3.63) is 546 Å². The van der Waals surface area contributed by atoms with Gasteiger partial charge in [0.1, 0.15) is 0 Å². The van der Waals surface area contributed by atoms with E-state index in [0.717, 1.165) is 127 Å². The number of aromatic nitrogens is 9. The van der Waals surface area contributed by atoms with Gasteiger partial charge < -0.3 is 0 Å². The predicted molar refractivity (Wildman–Crippen MR) is 560 cm³/mol. The molecule has 0 fully saturated rings. The molecule has 5 aromatic heterocycles. The van der Waals surface area contributed by atoms with Gasteiger partial charge in [-0.3, -0.25) is 13.7 Å². The number of para-hydroxylation sites is 2. The predicted octanol–water partition coefficient (Wildman–Crippen LogP) is 30.4. The highest BCUT2D eigenvalue weighted by Gasteiger charge is 2.54. The summed E-state index contributed by atoms with van der Waals surface area (Å²) in [6.45, 7) is 0. The molecule has 0 saturated heterocycles. The summed E-state index contributed by atoms with van der Waals surface area (Å²) < 4.78 is 7.01. The van der Waals surface area contributed by atoms with Crippen LogP contribution >= 0.6 is 0 Å². The van der Waals surface area contributed by atoms with Crippen LogP contribution in [0.3, 0.4) is 0 Å². The SMILES string of the molecule is c1ccc(-c2cc(-c3ccccc3)cc(-c3nc(-c4ccccc4)nc(-n4c5ccccc5c5ccc6c(c54)-c4ccccc4C64c5ccccc5-c5c(-c6ccc7c(c6)c6cc8c(cc6n7-c6nc(-c7ccccc7)nc(-n7c9ccccc9c9cc%10c(cc97)C(c7ccccc7)(c7ccccc7)c7ccccc7-%10)n6)C(c6ccccc6)(c6ccccc6)c6ccccc6-8)cccc54)n3)c2)cc1. The van der Waals surface area contributed by atoms with E-state index in [1.807, 2.05) is 6.07 Å². The van der Waals surface area contributed by atoms with Crippen molar-refractivity contribution in [3.63, 3.8) is 0 Å². The average molecular weight is 1760 g/mol. The molecule has 1 atom stereocenters. The molecule has 1 spiro atoms. The third kappa shape index (κ3) is 10.9. The van der Waals surface area contributed by atoms with E-state index in [0.29, 0.717) is 35.3 Å². The Morgan fingerprint density at radius 3 is 0.986 bits per heavy atom. The second-order valence-corrected chi connectivity index (χ2v) is 36.9. The van der Waals surface area contributed by atoms with Crippen molar-refractivity contribution in [2.45, 2.75) is 16.2 Å². The van der Waals surface area contributed by atoms with E-state index in [2.05, 4.69) is 487 Å². The van der Waals surface area contributed by atoms with E-state index in [1.165, 1.54) is 100 Å². The fourth-order valence-corrected chi connectivity index (χ4v) is 24.6. The first-order valence-corrected chi connectivity index (χ1v) is 47.4. The average Bonchev–Trinajstić information content (AvgIpc) is 1.50. The Hall–Kier alpha value is -18.2. The molecule has 4 aliphatic carbocycles. The molecule has 29 rings (SSSR count). The Morgan fingerprint density at radius 2 is 0.493 bits per heavy atom. The first-order chi connectivity index (χ1) is 68.4. The molecule has 0 N–H and O–H groups in total. The van der Waals surface area contributed by atoms with Gasteiger partial charge in [0, 0.05) is 54.6 Å². The fourth-order valence-electron chi connectivity index (χ4n) is 24.6. The molecule has 0 bridgehead atoms. The van der Waals surface area contributed by atoms with E-state index in [9.17, 15) is 0 Å². The van der Waals surface area contributed by atoms with Crippen LogP contribution in [-0.4, -0.2) is 43.6 Å². The van der Waals surface area contributed by atoms with Gasteiger partial charge in [-0.25, -0.2) is 4.98 Å². The Labute approximate surface area is 795 Å². The van der Waals surface area contributed by atoms with Gasteiger partial charge in [0.15, 0.2) is 17.5 Å². The summed E-state index contributed by atoms with van der Waals surface area (Å²) in [5, 5.41) is 6.51. The normalized spacial score (nSPS) is 14.2. The molecule has 9 heteroatoms. The lowest BCUT2D eigenvalue weighted by molar-refractivity contribution is 0.768. The molecule has 25 aromatic rings. The van der Waals surface area contributed by atoms with Crippen molar-refractivity contribution in [2.24, 2.45) is 0 Å². The highest BCUT2D eigenvalue weighted by molar-refractivity contribution is 6.19. The lowest BCUT2D eigenvalue weighted by Crippen LogP contribution is -2.28. The zero-order valence-corrected chi connectivity index (χ0v) is 74.6. The van der Waals surface area contributed by atoms with Gasteiger partial charge in [-0.2, -0.15) is 24.9 Å². The van der Waals surface area contributed by atoms with Gasteiger partial charge in [-0.1, -0.05) is 413 Å². The lowest BCUT2D eigenvalue weighted by Gasteiger charge is -2.34. The summed E-state index contributed by atoms with van der Waals surface area (Å²) in [6, 6.07) is 176. The minimum Gasteiger partial charge on any atom is -0.278 e. The number of hydrogen-bond donors (Lipinski definition) is 0. The number of benzene rings is 20. The highest BCUT2D eigenvalue weighted by atomic mass is 15.3. The summed E-state index contributed by atoms with van der Waals surface area (Å²) in [7, 11) is 0. The van der Waals surface area contributed by atoms with E-state index in [4.69, 9.17) is 29.9 Å². The molecule has 0 radical (unpaired) electrons. The van der Waals surface area contributed by atoms with Crippen LogP contribution in [0.5, 0.6) is 0 Å². The first-order valence-electron chi connectivity index (χ1n) is 47.4. The highest BCUT2D eigenvalue weighted by Crippen LogP contribution is 2.67. The van der Waals surface area contributed by atoms with E-state index in [-0.39, 0.29) is 0 Å². The maximum absolute atomic E-state index is 6.05. The molecule has 4 aliphatic rings. The minimum atomic E-state index is -0.798. The Balaban J connectivity index is 0.669. The Morgan fingerprint density at radius 1 is 0.152 bits per heavy atom. The van der Waals surface area contributed by atoms with Crippen molar-refractivity contribution in [1.29, 1.82) is 0 Å². The number of nitrogens with zero attached hydrogens (tertiary/aromatic N) is 9. The molecular weight excluding hydrogens is 1680 g/mol. The van der Waals surface area contributed by atoms with Crippen LogP contribution < -0.4 is 0 Å². The van der Waals surface area contributed by atoms with E-state index >= 15 is 0 Å². The second-order valence-electron chi connectivity index (χ2n) is 36.9. The van der Waals surface area contributed by atoms with Gasteiger partial charge in [0.25, 0.3) is 0 Å². The van der Waals surface area contributed by atoms with Crippen LogP contribution in [0, 0.1) is 0 Å². The van der Waals surface area contributed by atoms with E-state index < -0.39 is 16.2 Å². The van der Waals surface area contributed by atoms with Gasteiger partial charge in [0.05, 0.1) is 49.3 Å². The van der Waals surface area contributed by atoms with Crippen molar-refractivity contribution < 1.29 is 0 Å². The zero-order chi connectivity index (χ0) is 90.5. The van der Waals surface area contributed by atoms with Crippen LogP contribution in [0.25, 0.3) is 195 Å². The topological polar surface area (TPSA) is 92.1 Å². The molecule has 0 amide bonds. The van der Waals surface area contributed by atoms with Crippen molar-refractivity contribution in [2.75, 3.05) is 0 Å². The molecule has 0 aliphatic heterocycles. The van der Waals surface area contributed by atoms with Crippen LogP contribution in [0.4, 0.5) is 0 Å². The molecule has 9 nitrogen and oxygen atoms in total. The van der Waals surface area contributed by atoms with E-state index in [1.54, 1.807) is 0 Å². The van der Waals surface area contributed by atoms with Crippen LogP contribution in [0.15, 0.2) is 479 Å². The molecule has 20 aromatic carbocycles. The summed E-state index contributed by atoms with van der Waals surface area (Å²) in [4.78, 5) is 34.6. The Bertz CT molecular complexity index is 9240. The molecule has 1 unspecified atom stereocenters. The molecular formula is C129H79N9. The first kappa shape index (κ1) is 77.4. The third-order valence-corrected chi connectivity index (χ3v) is 30.1. The fraction of sp³-hybridized carbons (Fsp3) is 0.0233. The molecule has 138 heavy (non-hydrogen) atoms. The van der Waals surface area contributed by atoms with Gasteiger partial charge >= 0.3 is 0 Å². The molecule has 5 heterocycles. The third-order valence-electron chi connectivity index (χ3n) is 30.1. The largest absolute Gasteiger partial charge is 0.278 e.